The highest BCUT2D eigenvalue weighted by atomic mass is 15.3. The molecule has 1 fully saturated rings. The average molecular weight is 417 g/mol. The fourth-order valence-corrected chi connectivity index (χ4v) is 4.08. The van der Waals surface area contributed by atoms with Crippen LogP contribution in [0.5, 0.6) is 0 Å². The number of hydrogen-bond acceptors (Lipinski definition) is 3. The second-order valence-corrected chi connectivity index (χ2v) is 8.03. The summed E-state index contributed by atoms with van der Waals surface area (Å²) in [5.41, 5.74) is 4.78. The van der Waals surface area contributed by atoms with E-state index in [4.69, 9.17) is 0 Å². The average Bonchev–Trinajstić information content (AvgIpc) is 3.43. The molecular formula is C25H32N6. The van der Waals surface area contributed by atoms with Gasteiger partial charge in [0.2, 0.25) is 0 Å². The van der Waals surface area contributed by atoms with Crippen molar-refractivity contribution in [1.82, 2.24) is 20.4 Å². The fraction of sp³-hybridized carbons (Fsp3) is 0.360. The number of guanidine groups is 1. The maximum Gasteiger partial charge on any atom is 0.191 e. The number of nitrogens with zero attached hydrogens (tertiary/aromatic N) is 4. The van der Waals surface area contributed by atoms with Gasteiger partial charge in [-0.05, 0) is 56.0 Å². The van der Waals surface area contributed by atoms with Crippen molar-refractivity contribution in [1.29, 1.82) is 0 Å². The van der Waals surface area contributed by atoms with Crippen molar-refractivity contribution in [3.05, 3.63) is 78.1 Å². The van der Waals surface area contributed by atoms with Gasteiger partial charge in [0.05, 0.1) is 11.4 Å². The first-order chi connectivity index (χ1) is 15.2. The van der Waals surface area contributed by atoms with Crippen LogP contribution in [-0.2, 0) is 6.42 Å². The maximum atomic E-state index is 4.67. The van der Waals surface area contributed by atoms with Crippen LogP contribution < -0.4 is 15.5 Å². The van der Waals surface area contributed by atoms with Crippen LogP contribution in [0, 0.1) is 6.92 Å². The number of benzene rings is 2. The largest absolute Gasteiger partial charge is 0.369 e. The highest BCUT2D eigenvalue weighted by Crippen LogP contribution is 2.19. The molecule has 2 heterocycles. The van der Waals surface area contributed by atoms with Crippen molar-refractivity contribution < 1.29 is 0 Å². The van der Waals surface area contributed by atoms with E-state index in [1.807, 2.05) is 29.9 Å². The normalized spacial score (nSPS) is 16.5. The molecule has 0 radical (unpaired) electrons. The molecule has 0 spiro atoms. The summed E-state index contributed by atoms with van der Waals surface area (Å²) in [5.74, 6) is 0.886. The number of anilines is 1. The van der Waals surface area contributed by atoms with E-state index in [9.17, 15) is 0 Å². The number of rotatable bonds is 7. The lowest BCUT2D eigenvalue weighted by Gasteiger charge is -2.20. The highest BCUT2D eigenvalue weighted by molar-refractivity contribution is 5.80. The monoisotopic (exact) mass is 416 g/mol. The zero-order chi connectivity index (χ0) is 21.5. The summed E-state index contributed by atoms with van der Waals surface area (Å²) in [7, 11) is 1.84. The number of nitrogens with one attached hydrogen (secondary N) is 2. The van der Waals surface area contributed by atoms with Gasteiger partial charge >= 0.3 is 0 Å². The van der Waals surface area contributed by atoms with Gasteiger partial charge in [-0.1, -0.05) is 36.4 Å². The van der Waals surface area contributed by atoms with Gasteiger partial charge < -0.3 is 15.5 Å². The summed E-state index contributed by atoms with van der Waals surface area (Å²) < 4.78 is 1.97. The van der Waals surface area contributed by atoms with Gasteiger partial charge in [0.1, 0.15) is 0 Å². The van der Waals surface area contributed by atoms with Gasteiger partial charge in [0, 0.05) is 44.6 Å². The molecule has 1 aliphatic rings. The van der Waals surface area contributed by atoms with Gasteiger partial charge in [-0.2, -0.15) is 5.10 Å². The Morgan fingerprint density at radius 2 is 1.77 bits per heavy atom. The Balaban J connectivity index is 1.22. The predicted molar refractivity (Wildman–Crippen MR) is 128 cm³/mol. The Bertz CT molecular complexity index is 980. The van der Waals surface area contributed by atoms with Crippen LogP contribution in [-0.4, -0.2) is 48.5 Å². The second-order valence-electron chi connectivity index (χ2n) is 8.03. The van der Waals surface area contributed by atoms with Gasteiger partial charge in [0.15, 0.2) is 5.96 Å². The second kappa shape index (κ2) is 10.2. The molecule has 31 heavy (non-hydrogen) atoms. The molecule has 162 valence electrons. The van der Waals surface area contributed by atoms with E-state index >= 15 is 0 Å². The van der Waals surface area contributed by atoms with Gasteiger partial charge in [-0.25, -0.2) is 4.68 Å². The molecule has 1 aromatic heterocycles. The smallest absolute Gasteiger partial charge is 0.191 e. The van der Waals surface area contributed by atoms with Crippen LogP contribution >= 0.6 is 0 Å². The quantitative estimate of drug-likeness (QED) is 0.351. The molecule has 1 unspecified atom stereocenters. The third kappa shape index (κ3) is 5.45. The zero-order valence-electron chi connectivity index (χ0n) is 18.5. The highest BCUT2D eigenvalue weighted by Gasteiger charge is 2.23. The molecule has 2 aromatic carbocycles. The van der Waals surface area contributed by atoms with Gasteiger partial charge in [-0.3, -0.25) is 4.99 Å². The third-order valence-corrected chi connectivity index (χ3v) is 5.81. The minimum absolute atomic E-state index is 0.415. The summed E-state index contributed by atoms with van der Waals surface area (Å²) in [6.07, 6.45) is 5.29. The molecule has 0 saturated carbocycles. The van der Waals surface area contributed by atoms with E-state index < -0.39 is 0 Å². The molecule has 6 heteroatoms. The van der Waals surface area contributed by atoms with E-state index in [-0.39, 0.29) is 0 Å². The first-order valence-corrected chi connectivity index (χ1v) is 11.1. The maximum absolute atomic E-state index is 4.67. The van der Waals surface area contributed by atoms with Crippen LogP contribution in [0.15, 0.2) is 71.9 Å². The molecular weight excluding hydrogens is 384 g/mol. The Labute approximate surface area is 185 Å². The Kier molecular flexibility index (Phi) is 6.87. The SMILES string of the molecule is CN=C(NCCCc1cn(-c2ccccc2)nc1C)NC1CCN(c2ccccc2)C1. The van der Waals surface area contributed by atoms with Crippen molar-refractivity contribution >= 4 is 11.6 Å². The molecule has 6 nitrogen and oxygen atoms in total. The van der Waals surface area contributed by atoms with Gasteiger partial charge in [0.25, 0.3) is 0 Å². The Morgan fingerprint density at radius 1 is 1.06 bits per heavy atom. The number of para-hydroxylation sites is 2. The van der Waals surface area contributed by atoms with E-state index in [0.29, 0.717) is 6.04 Å². The molecule has 3 aromatic rings. The summed E-state index contributed by atoms with van der Waals surface area (Å²) in [5, 5.41) is 11.7. The van der Waals surface area contributed by atoms with Crippen molar-refractivity contribution in [3.63, 3.8) is 0 Å². The van der Waals surface area contributed by atoms with E-state index in [0.717, 1.165) is 56.2 Å². The molecule has 2 N–H and O–H groups in total. The lowest BCUT2D eigenvalue weighted by molar-refractivity contribution is 0.643. The lowest BCUT2D eigenvalue weighted by Crippen LogP contribution is -2.44. The molecule has 0 amide bonds. The molecule has 4 rings (SSSR count). The zero-order valence-corrected chi connectivity index (χ0v) is 18.5. The first kappa shape index (κ1) is 21.0. The van der Waals surface area contributed by atoms with Crippen LogP contribution in [0.25, 0.3) is 5.69 Å². The molecule has 1 aliphatic heterocycles. The van der Waals surface area contributed by atoms with Crippen molar-refractivity contribution in [2.75, 3.05) is 31.6 Å². The van der Waals surface area contributed by atoms with Gasteiger partial charge in [-0.15, -0.1) is 0 Å². The summed E-state index contributed by atoms with van der Waals surface area (Å²) in [6.45, 7) is 5.04. The first-order valence-electron chi connectivity index (χ1n) is 11.1. The number of aliphatic imine (C=N–C) groups is 1. The molecule has 1 saturated heterocycles. The third-order valence-electron chi connectivity index (χ3n) is 5.81. The fourth-order valence-electron chi connectivity index (χ4n) is 4.08. The molecule has 0 aliphatic carbocycles. The van der Waals surface area contributed by atoms with Crippen LogP contribution in [0.4, 0.5) is 5.69 Å². The van der Waals surface area contributed by atoms with E-state index in [1.54, 1.807) is 0 Å². The summed E-state index contributed by atoms with van der Waals surface area (Å²) in [4.78, 5) is 6.84. The number of aryl methyl sites for hydroxylation is 2. The number of hydrogen-bond donors (Lipinski definition) is 2. The van der Waals surface area contributed by atoms with Crippen LogP contribution in [0.3, 0.4) is 0 Å². The van der Waals surface area contributed by atoms with Crippen molar-refractivity contribution in [2.24, 2.45) is 4.99 Å². The van der Waals surface area contributed by atoms with E-state index in [1.165, 1.54) is 11.3 Å². The van der Waals surface area contributed by atoms with Crippen molar-refractivity contribution in [2.45, 2.75) is 32.2 Å². The lowest BCUT2D eigenvalue weighted by atomic mass is 10.1. The minimum atomic E-state index is 0.415. The summed E-state index contributed by atoms with van der Waals surface area (Å²) >= 11 is 0. The van der Waals surface area contributed by atoms with Crippen LogP contribution in [0.1, 0.15) is 24.1 Å². The Morgan fingerprint density at radius 3 is 2.48 bits per heavy atom. The topological polar surface area (TPSA) is 57.5 Å². The van der Waals surface area contributed by atoms with Crippen LogP contribution in [0.2, 0.25) is 0 Å². The minimum Gasteiger partial charge on any atom is -0.369 e. The number of aromatic nitrogens is 2. The summed E-state index contributed by atoms with van der Waals surface area (Å²) in [6, 6.07) is 21.3. The van der Waals surface area contributed by atoms with Crippen molar-refractivity contribution in [3.8, 4) is 5.69 Å². The predicted octanol–water partition coefficient (Wildman–Crippen LogP) is 3.56. The molecule has 0 bridgehead atoms. The Hall–Kier alpha value is -3.28. The standard InChI is InChI=1S/C25H32N6/c1-20-21(18-31(29-20)24-13-7-4-8-14-24)10-9-16-27-25(26-2)28-22-15-17-30(19-22)23-11-5-3-6-12-23/h3-8,11-14,18,22H,9-10,15-17,19H2,1-2H3,(H2,26,27,28). The van der Waals surface area contributed by atoms with E-state index in [2.05, 4.69) is 81.2 Å². The molecule has 1 atom stereocenters.